The van der Waals surface area contributed by atoms with Crippen LogP contribution in [0.1, 0.15) is 52.8 Å². The Kier molecular flexibility index (Phi) is 26.0. The van der Waals surface area contributed by atoms with E-state index in [1.54, 1.807) is 69.3 Å². The van der Waals surface area contributed by atoms with Gasteiger partial charge in [-0.3, -0.25) is 29.2 Å². The van der Waals surface area contributed by atoms with Gasteiger partial charge >= 0.3 is 34.5 Å². The molecular weight excluding hydrogens is 1050 g/mol. The molecule has 0 fully saturated rings. The first-order valence-electron chi connectivity index (χ1n) is 25.0. The van der Waals surface area contributed by atoms with Gasteiger partial charge in [0.1, 0.15) is 30.3 Å². The molecule has 7 aromatic rings. The van der Waals surface area contributed by atoms with Gasteiger partial charge in [-0.1, -0.05) is 101 Å². The number of nitrogens with one attached hydrogen (secondary N) is 4. The number of amides is 1. The van der Waals surface area contributed by atoms with Gasteiger partial charge in [-0.2, -0.15) is 8.42 Å². The maximum atomic E-state index is 12.6. The van der Waals surface area contributed by atoms with Crippen molar-refractivity contribution in [3.63, 3.8) is 0 Å². The molecule has 8 rings (SSSR count). The molecule has 0 saturated carbocycles. The highest BCUT2D eigenvalue weighted by Gasteiger charge is 2.21. The van der Waals surface area contributed by atoms with Crippen LogP contribution in [0.15, 0.2) is 158 Å². The van der Waals surface area contributed by atoms with E-state index in [-0.39, 0.29) is 37.9 Å². The molecule has 6 N–H and O–H groups in total. The summed E-state index contributed by atoms with van der Waals surface area (Å²) in [4.78, 5) is 44.2. The van der Waals surface area contributed by atoms with E-state index in [9.17, 15) is 32.9 Å². The SMILES string of the molecule is CCOC(=O)CN(c1ccc(C)cc1)S(=O)Oc1ccc(C)cc1.CCOC(=O)CNc1ccc(C)cc1[N+](=O)[O-].Cc1ccc(N)cc1.Cc1ccc(NS(=O)Oc2ccc(C)cc2)cc1.Cc1ccc2c(c1)NC(=O)CN2. The quantitative estimate of drug-likeness (QED) is 0.0262. The van der Waals surface area contributed by atoms with Crippen molar-refractivity contribution in [2.24, 2.45) is 0 Å². The first-order valence-corrected chi connectivity index (χ1v) is 27.1. The van der Waals surface area contributed by atoms with Crippen LogP contribution < -0.4 is 39.1 Å². The fourth-order valence-electron chi connectivity index (χ4n) is 6.58. The first kappa shape index (κ1) is 62.8. The Hall–Kier alpha value is -8.75. The molecular formula is C59H69N7O11S2. The summed E-state index contributed by atoms with van der Waals surface area (Å²) in [5, 5.41) is 19.3. The molecule has 2 atom stereocenters. The third kappa shape index (κ3) is 23.6. The molecule has 0 bridgehead atoms. The largest absolute Gasteiger partial charge is 0.465 e. The summed E-state index contributed by atoms with van der Waals surface area (Å²) >= 11 is -3.45. The Morgan fingerprint density at radius 3 is 1.62 bits per heavy atom. The molecule has 1 aliphatic rings. The molecule has 0 saturated heterocycles. The van der Waals surface area contributed by atoms with Crippen LogP contribution in [-0.2, 0) is 46.4 Å². The summed E-state index contributed by atoms with van der Waals surface area (Å²) < 4.78 is 48.9. The van der Waals surface area contributed by atoms with E-state index in [1.165, 1.54) is 15.9 Å². The van der Waals surface area contributed by atoms with E-state index in [0.29, 0.717) is 29.4 Å². The number of nitrogens with two attached hydrogens (primary N) is 1. The van der Waals surface area contributed by atoms with Gasteiger partial charge in [0.15, 0.2) is 0 Å². The maximum absolute atomic E-state index is 12.6. The maximum Gasteiger partial charge on any atom is 0.326 e. The number of benzene rings is 7. The van der Waals surface area contributed by atoms with Gasteiger partial charge in [0.25, 0.3) is 5.69 Å². The number of esters is 2. The monoisotopic (exact) mass is 1120 g/mol. The third-order valence-electron chi connectivity index (χ3n) is 10.8. The normalized spacial score (nSPS) is 11.5. The standard InChI is InChI=1S/C18H21NO4S.C14H15NO2S.C11H14N2O4.C9H10N2O.C7H9N/c1-4-22-18(20)13-19(16-9-5-14(2)6-10-16)24(21)23-17-11-7-15(3)8-12-17;1-11-3-7-13(8-4-11)15-18(16)17-14-9-5-12(2)6-10-14;1-3-17-11(14)7-12-9-5-4-8(2)6-10(9)13(15)16;1-6-2-3-7-8(4-6)11-9(12)5-10-7;1-6-2-4-7(8)5-3-6/h5-12H,4,13H2,1-3H3;3-10,15H,1-2H3;4-6,12H,3,7H2,1-2H3;2-4,10H,5H2,1H3,(H,11,12);2-5H,8H2,1H3. The van der Waals surface area contributed by atoms with Crippen molar-refractivity contribution < 1.29 is 45.6 Å². The van der Waals surface area contributed by atoms with Crippen LogP contribution in [0.5, 0.6) is 11.5 Å². The summed E-state index contributed by atoms with van der Waals surface area (Å²) in [6.07, 6.45) is 0. The zero-order valence-electron chi connectivity index (χ0n) is 45.8. The van der Waals surface area contributed by atoms with Crippen molar-refractivity contribution >= 4 is 80.2 Å². The molecule has 0 aromatic heterocycles. The lowest BCUT2D eigenvalue weighted by Crippen LogP contribution is -2.35. The molecule has 418 valence electrons. The van der Waals surface area contributed by atoms with Crippen molar-refractivity contribution in [1.29, 1.82) is 0 Å². The summed E-state index contributed by atoms with van der Waals surface area (Å²) in [6, 6.07) is 48.1. The molecule has 79 heavy (non-hydrogen) atoms. The number of rotatable bonds is 16. The summed E-state index contributed by atoms with van der Waals surface area (Å²) in [5.41, 5.74) is 17.4. The Morgan fingerprint density at radius 2 is 1.09 bits per heavy atom. The number of carbonyl (C=O) groups is 3. The number of carbonyl (C=O) groups excluding carboxylic acids is 3. The lowest BCUT2D eigenvalue weighted by atomic mass is 10.1. The number of nitro benzene ring substituents is 1. The van der Waals surface area contributed by atoms with Gasteiger partial charge in [0.2, 0.25) is 5.91 Å². The molecule has 20 heteroatoms. The lowest BCUT2D eigenvalue weighted by molar-refractivity contribution is -0.384. The molecule has 1 amide bonds. The molecule has 1 heterocycles. The average molecular weight is 1120 g/mol. The van der Waals surface area contributed by atoms with E-state index in [1.807, 2.05) is 145 Å². The summed E-state index contributed by atoms with van der Waals surface area (Å²) in [6.45, 7) is 17.8. The Balaban J connectivity index is 0.000000221. The lowest BCUT2D eigenvalue weighted by Gasteiger charge is -2.21. The molecule has 0 aliphatic carbocycles. The van der Waals surface area contributed by atoms with Crippen LogP contribution >= 0.6 is 0 Å². The Morgan fingerprint density at radius 1 is 0.620 bits per heavy atom. The number of hydrogen-bond donors (Lipinski definition) is 5. The van der Waals surface area contributed by atoms with Crippen molar-refractivity contribution in [1.82, 2.24) is 0 Å². The topological polar surface area (TPSA) is 243 Å². The number of aryl methyl sites for hydroxylation is 7. The van der Waals surface area contributed by atoms with Crippen molar-refractivity contribution in [2.45, 2.75) is 62.3 Å². The second-order valence-electron chi connectivity index (χ2n) is 17.7. The van der Waals surface area contributed by atoms with E-state index in [4.69, 9.17) is 23.6 Å². The molecule has 2 unspecified atom stereocenters. The highest BCUT2D eigenvalue weighted by Crippen LogP contribution is 2.27. The van der Waals surface area contributed by atoms with Crippen LogP contribution in [0.4, 0.5) is 39.8 Å². The van der Waals surface area contributed by atoms with E-state index < -0.39 is 39.4 Å². The van der Waals surface area contributed by atoms with Gasteiger partial charge < -0.3 is 39.5 Å². The molecule has 0 radical (unpaired) electrons. The summed E-state index contributed by atoms with van der Waals surface area (Å²) in [7, 11) is 0. The highest BCUT2D eigenvalue weighted by atomic mass is 32.2. The van der Waals surface area contributed by atoms with Crippen molar-refractivity contribution in [3.8, 4) is 11.5 Å². The van der Waals surface area contributed by atoms with E-state index in [0.717, 1.165) is 56.1 Å². The van der Waals surface area contributed by atoms with Crippen LogP contribution in [0, 0.1) is 58.6 Å². The van der Waals surface area contributed by atoms with Gasteiger partial charge in [-0.25, -0.2) is 4.31 Å². The number of nitro groups is 1. The summed E-state index contributed by atoms with van der Waals surface area (Å²) in [5.74, 6) is 0.174. The molecule has 18 nitrogen and oxygen atoms in total. The minimum Gasteiger partial charge on any atom is -0.465 e. The predicted octanol–water partition coefficient (Wildman–Crippen LogP) is 11.5. The Labute approximate surface area is 467 Å². The molecule has 1 aliphatic heterocycles. The van der Waals surface area contributed by atoms with Crippen LogP contribution in [0.2, 0.25) is 0 Å². The number of fused-ring (bicyclic) bond motifs is 1. The fourth-order valence-corrected chi connectivity index (χ4v) is 8.11. The minimum atomic E-state index is -1.86. The first-order chi connectivity index (χ1) is 37.7. The van der Waals surface area contributed by atoms with Crippen LogP contribution in [-0.4, -0.2) is 64.0 Å². The zero-order chi connectivity index (χ0) is 57.9. The Bertz CT molecular complexity index is 3040. The number of ether oxygens (including phenoxy) is 2. The minimum absolute atomic E-state index is 0.0214. The average Bonchev–Trinajstić information content (AvgIpc) is 3.41. The van der Waals surface area contributed by atoms with Gasteiger partial charge in [-0.05, 0) is 152 Å². The second kappa shape index (κ2) is 32.7. The van der Waals surface area contributed by atoms with E-state index in [2.05, 4.69) is 20.7 Å². The second-order valence-corrected chi connectivity index (χ2v) is 19.6. The number of hydrogen-bond acceptors (Lipinski definition) is 14. The van der Waals surface area contributed by atoms with Gasteiger partial charge in [0.05, 0.1) is 41.7 Å². The molecule has 0 spiro atoms. The van der Waals surface area contributed by atoms with Crippen LogP contribution in [0.3, 0.4) is 0 Å². The fraction of sp³-hybridized carbons (Fsp3) is 0.237. The predicted molar refractivity (Wildman–Crippen MR) is 317 cm³/mol. The van der Waals surface area contributed by atoms with Crippen molar-refractivity contribution in [3.05, 3.63) is 207 Å². The van der Waals surface area contributed by atoms with Gasteiger partial charge in [0, 0.05) is 17.4 Å². The smallest absolute Gasteiger partial charge is 0.326 e. The number of nitrogen functional groups attached to an aromatic ring is 1. The van der Waals surface area contributed by atoms with Crippen molar-refractivity contribution in [2.75, 3.05) is 63.6 Å². The zero-order valence-corrected chi connectivity index (χ0v) is 47.5. The van der Waals surface area contributed by atoms with E-state index >= 15 is 0 Å². The van der Waals surface area contributed by atoms with Crippen LogP contribution in [0.25, 0.3) is 0 Å². The number of nitrogens with zero attached hydrogens (tertiary/aromatic N) is 2. The van der Waals surface area contributed by atoms with Gasteiger partial charge in [-0.15, -0.1) is 0 Å². The molecule has 7 aromatic carbocycles. The number of anilines is 6. The highest BCUT2D eigenvalue weighted by molar-refractivity contribution is 7.82. The third-order valence-corrected chi connectivity index (χ3v) is 12.5.